The van der Waals surface area contributed by atoms with E-state index in [-0.39, 0.29) is 23.6 Å². The molecule has 1 aliphatic carbocycles. The highest BCUT2D eigenvalue weighted by Gasteiger charge is 2.35. The molecule has 1 amide bonds. The predicted octanol–water partition coefficient (Wildman–Crippen LogP) is 3.96. The predicted molar refractivity (Wildman–Crippen MR) is 78.1 cm³/mol. The first-order valence-corrected chi connectivity index (χ1v) is 7.13. The van der Waals surface area contributed by atoms with Gasteiger partial charge in [-0.05, 0) is 31.0 Å². The van der Waals surface area contributed by atoms with E-state index >= 15 is 0 Å². The average molecular weight is 348 g/mol. The van der Waals surface area contributed by atoms with Gasteiger partial charge in [-0.1, -0.05) is 23.8 Å². The molecule has 4 nitrogen and oxygen atoms in total. The number of rotatable bonds is 3. The van der Waals surface area contributed by atoms with Crippen molar-refractivity contribution >= 4 is 29.2 Å². The van der Waals surface area contributed by atoms with Gasteiger partial charge in [0.05, 0.1) is 28.1 Å². The van der Waals surface area contributed by atoms with Crippen molar-refractivity contribution in [3.05, 3.63) is 40.9 Å². The van der Waals surface area contributed by atoms with Crippen LogP contribution in [0.1, 0.15) is 18.4 Å². The molecule has 0 heterocycles. The van der Waals surface area contributed by atoms with Crippen LogP contribution in [0.2, 0.25) is 5.02 Å². The molecule has 8 heteroatoms. The summed E-state index contributed by atoms with van der Waals surface area (Å²) in [4.78, 5) is 23.4. The van der Waals surface area contributed by atoms with Crippen LogP contribution in [0, 0.1) is 11.8 Å². The SMILES string of the molecule is O=C(O)[C@@H]1CC=CC[C@H]1C(=O)Nc1cc(C(F)(F)F)ccc1Cl. The molecular formula is C15H13ClF3NO3. The number of carboxylic acids is 1. The van der Waals surface area contributed by atoms with Crippen LogP contribution in [0.15, 0.2) is 30.4 Å². The Morgan fingerprint density at radius 3 is 2.35 bits per heavy atom. The van der Waals surface area contributed by atoms with Crippen molar-refractivity contribution in [2.24, 2.45) is 11.8 Å². The lowest BCUT2D eigenvalue weighted by Gasteiger charge is -2.24. The molecule has 2 atom stereocenters. The van der Waals surface area contributed by atoms with E-state index in [2.05, 4.69) is 5.32 Å². The Hall–Kier alpha value is -2.02. The lowest BCUT2D eigenvalue weighted by Crippen LogP contribution is -2.34. The fourth-order valence-electron chi connectivity index (χ4n) is 2.40. The highest BCUT2D eigenvalue weighted by molar-refractivity contribution is 6.33. The summed E-state index contributed by atoms with van der Waals surface area (Å²) in [7, 11) is 0. The van der Waals surface area contributed by atoms with Gasteiger partial charge in [0, 0.05) is 0 Å². The molecule has 0 saturated heterocycles. The molecule has 0 radical (unpaired) electrons. The third-order valence-electron chi connectivity index (χ3n) is 3.64. The van der Waals surface area contributed by atoms with Crippen LogP contribution >= 0.6 is 11.6 Å². The van der Waals surface area contributed by atoms with E-state index < -0.39 is 35.5 Å². The van der Waals surface area contributed by atoms with E-state index in [0.29, 0.717) is 0 Å². The minimum atomic E-state index is -4.57. The second-order valence-electron chi connectivity index (χ2n) is 5.18. The molecule has 0 saturated carbocycles. The standard InChI is InChI=1S/C15H13ClF3NO3/c16-11-6-5-8(15(17,18)19)7-12(11)20-13(21)9-3-1-2-4-10(9)14(22)23/h1-2,5-7,9-10H,3-4H2,(H,20,21)(H,22,23)/t9-,10-/m1/s1. The number of hydrogen-bond donors (Lipinski definition) is 2. The first kappa shape index (κ1) is 17.3. The molecule has 23 heavy (non-hydrogen) atoms. The lowest BCUT2D eigenvalue weighted by molar-refractivity contribution is -0.146. The summed E-state index contributed by atoms with van der Waals surface area (Å²) in [5.41, 5.74) is -1.14. The Balaban J connectivity index is 2.23. The fourth-order valence-corrected chi connectivity index (χ4v) is 2.56. The van der Waals surface area contributed by atoms with Crippen molar-refractivity contribution in [1.29, 1.82) is 0 Å². The van der Waals surface area contributed by atoms with Crippen molar-refractivity contribution in [3.8, 4) is 0 Å². The van der Waals surface area contributed by atoms with Crippen LogP contribution in [0.5, 0.6) is 0 Å². The van der Waals surface area contributed by atoms with Gasteiger partial charge < -0.3 is 10.4 Å². The molecular weight excluding hydrogens is 335 g/mol. The number of nitrogens with one attached hydrogen (secondary N) is 1. The van der Waals surface area contributed by atoms with E-state index in [9.17, 15) is 22.8 Å². The number of aliphatic carboxylic acids is 1. The van der Waals surface area contributed by atoms with E-state index in [1.54, 1.807) is 12.2 Å². The summed E-state index contributed by atoms with van der Waals surface area (Å²) >= 11 is 5.82. The molecule has 124 valence electrons. The minimum absolute atomic E-state index is 0.0513. The maximum atomic E-state index is 12.7. The van der Waals surface area contributed by atoms with Gasteiger partial charge in [0.25, 0.3) is 0 Å². The van der Waals surface area contributed by atoms with Crippen LogP contribution in [0.4, 0.5) is 18.9 Å². The Morgan fingerprint density at radius 2 is 1.78 bits per heavy atom. The molecule has 0 bridgehead atoms. The number of allylic oxidation sites excluding steroid dienone is 2. The number of alkyl halides is 3. The first-order valence-electron chi connectivity index (χ1n) is 6.75. The largest absolute Gasteiger partial charge is 0.481 e. The first-order chi connectivity index (χ1) is 10.7. The van der Waals surface area contributed by atoms with Gasteiger partial charge in [-0.2, -0.15) is 13.2 Å². The van der Waals surface area contributed by atoms with Gasteiger partial charge in [0.15, 0.2) is 0 Å². The van der Waals surface area contributed by atoms with E-state index in [0.717, 1.165) is 18.2 Å². The maximum absolute atomic E-state index is 12.7. The van der Waals surface area contributed by atoms with Crippen molar-refractivity contribution in [3.63, 3.8) is 0 Å². The van der Waals surface area contributed by atoms with Gasteiger partial charge in [-0.3, -0.25) is 9.59 Å². The summed E-state index contributed by atoms with van der Waals surface area (Å²) in [5, 5.41) is 11.4. The number of carbonyl (C=O) groups excluding carboxylic acids is 1. The summed E-state index contributed by atoms with van der Waals surface area (Å²) in [6.07, 6.45) is -0.818. The minimum Gasteiger partial charge on any atom is -0.481 e. The van der Waals surface area contributed by atoms with E-state index in [1.165, 1.54) is 0 Å². The zero-order valence-electron chi connectivity index (χ0n) is 11.7. The van der Waals surface area contributed by atoms with E-state index in [4.69, 9.17) is 16.7 Å². The van der Waals surface area contributed by atoms with Crippen LogP contribution in [0.3, 0.4) is 0 Å². The highest BCUT2D eigenvalue weighted by Crippen LogP contribution is 2.35. The van der Waals surface area contributed by atoms with Crippen LogP contribution in [-0.4, -0.2) is 17.0 Å². The monoisotopic (exact) mass is 347 g/mol. The van der Waals surface area contributed by atoms with Crippen LogP contribution in [0.25, 0.3) is 0 Å². The Bertz CT molecular complexity index is 658. The van der Waals surface area contributed by atoms with E-state index in [1.807, 2.05) is 0 Å². The van der Waals surface area contributed by atoms with Crippen molar-refractivity contribution in [2.75, 3.05) is 5.32 Å². The average Bonchev–Trinajstić information content (AvgIpc) is 2.48. The normalized spacial score (nSPS) is 21.0. The van der Waals surface area contributed by atoms with Gasteiger partial charge in [0.1, 0.15) is 0 Å². The fraction of sp³-hybridized carbons (Fsp3) is 0.333. The topological polar surface area (TPSA) is 66.4 Å². The molecule has 0 spiro atoms. The molecule has 2 N–H and O–H groups in total. The Kier molecular flexibility index (Phi) is 4.99. The van der Waals surface area contributed by atoms with Gasteiger partial charge in [-0.15, -0.1) is 0 Å². The molecule has 1 aromatic rings. The zero-order chi connectivity index (χ0) is 17.2. The number of amides is 1. The molecule has 0 unspecified atom stereocenters. The summed E-state index contributed by atoms with van der Waals surface area (Å²) in [5.74, 6) is -3.56. The molecule has 0 fully saturated rings. The number of carbonyl (C=O) groups is 2. The molecule has 2 rings (SSSR count). The van der Waals surface area contributed by atoms with Crippen LogP contribution < -0.4 is 5.32 Å². The smallest absolute Gasteiger partial charge is 0.416 e. The van der Waals surface area contributed by atoms with Crippen molar-refractivity contribution in [1.82, 2.24) is 0 Å². The summed E-state index contributed by atoms with van der Waals surface area (Å²) in [6.45, 7) is 0. The van der Waals surface area contributed by atoms with Crippen molar-refractivity contribution < 1.29 is 27.9 Å². The second-order valence-corrected chi connectivity index (χ2v) is 5.58. The van der Waals surface area contributed by atoms with Gasteiger partial charge in [-0.25, -0.2) is 0 Å². The van der Waals surface area contributed by atoms with Gasteiger partial charge in [0.2, 0.25) is 5.91 Å². The maximum Gasteiger partial charge on any atom is 0.416 e. The molecule has 0 aliphatic heterocycles. The third-order valence-corrected chi connectivity index (χ3v) is 3.97. The zero-order valence-corrected chi connectivity index (χ0v) is 12.5. The summed E-state index contributed by atoms with van der Waals surface area (Å²) in [6, 6.07) is 2.57. The number of carboxylic acid groups (broad SMARTS) is 1. The Labute approximate surface area is 134 Å². The van der Waals surface area contributed by atoms with Crippen LogP contribution in [-0.2, 0) is 15.8 Å². The second kappa shape index (κ2) is 6.62. The molecule has 0 aromatic heterocycles. The quantitative estimate of drug-likeness (QED) is 0.813. The van der Waals surface area contributed by atoms with Gasteiger partial charge >= 0.3 is 12.1 Å². The molecule has 1 aromatic carbocycles. The lowest BCUT2D eigenvalue weighted by atomic mass is 9.82. The molecule has 1 aliphatic rings. The number of halogens is 4. The van der Waals surface area contributed by atoms with Crippen molar-refractivity contribution in [2.45, 2.75) is 19.0 Å². The third kappa shape index (κ3) is 4.04. The number of anilines is 1. The summed E-state index contributed by atoms with van der Waals surface area (Å²) < 4.78 is 38.2. The Morgan fingerprint density at radius 1 is 1.17 bits per heavy atom. The number of benzene rings is 1. The highest BCUT2D eigenvalue weighted by atomic mass is 35.5. The number of hydrogen-bond acceptors (Lipinski definition) is 2.